The van der Waals surface area contributed by atoms with Crippen molar-refractivity contribution in [2.24, 2.45) is 0 Å². The summed E-state index contributed by atoms with van der Waals surface area (Å²) in [5, 5.41) is 20.8. The van der Waals surface area contributed by atoms with Gasteiger partial charge in [0.05, 0.1) is 5.75 Å². The molecule has 3 heterocycles. The van der Waals surface area contributed by atoms with Gasteiger partial charge in [0.25, 0.3) is 0 Å². The molecule has 0 saturated heterocycles. The van der Waals surface area contributed by atoms with Gasteiger partial charge in [-0.3, -0.25) is 0 Å². The van der Waals surface area contributed by atoms with E-state index in [0.29, 0.717) is 27.6 Å². The fraction of sp³-hybridized carbons (Fsp3) is 0.0667. The van der Waals surface area contributed by atoms with E-state index in [1.807, 2.05) is 41.1 Å². The number of halogens is 1. The molecule has 0 unspecified atom stereocenters. The Hall–Kier alpha value is -1.94. The lowest BCUT2D eigenvalue weighted by Gasteiger charge is -2.00. The molecular weight excluding hydrogens is 398 g/mol. The predicted molar refractivity (Wildman–Crippen MR) is 102 cm³/mol. The van der Waals surface area contributed by atoms with Gasteiger partial charge in [0, 0.05) is 21.7 Å². The Labute approximate surface area is 160 Å². The highest BCUT2D eigenvalue weighted by molar-refractivity contribution is 8.00. The van der Waals surface area contributed by atoms with Crippen molar-refractivity contribution in [3.63, 3.8) is 0 Å². The summed E-state index contributed by atoms with van der Waals surface area (Å²) in [5.41, 5.74) is 1.84. The number of benzene rings is 1. The van der Waals surface area contributed by atoms with Gasteiger partial charge in [0.15, 0.2) is 4.34 Å². The van der Waals surface area contributed by atoms with Crippen LogP contribution >= 0.6 is 46.0 Å². The molecule has 0 aliphatic heterocycles. The highest BCUT2D eigenvalue weighted by Gasteiger charge is 2.11. The van der Waals surface area contributed by atoms with Crippen molar-refractivity contribution < 1.29 is 4.52 Å². The average molecular weight is 408 g/mol. The van der Waals surface area contributed by atoms with Crippen LogP contribution in [0.5, 0.6) is 0 Å². The zero-order chi connectivity index (χ0) is 17.1. The summed E-state index contributed by atoms with van der Waals surface area (Å²) in [6.07, 6.45) is 0. The standard InChI is InChI=1S/C15H10ClN5OS3/c16-10-2-1-3-11(6-10)17-14-19-20-15(25-14)24-8-12-18-13(21-22-12)9-4-5-23-7-9/h1-7H,8H2,(H,17,19). The summed E-state index contributed by atoms with van der Waals surface area (Å²) in [6.45, 7) is 0. The molecule has 25 heavy (non-hydrogen) atoms. The number of hydrogen-bond acceptors (Lipinski definition) is 9. The SMILES string of the molecule is Clc1cccc(Nc2nnc(SCc3nc(-c4ccsc4)no3)s2)c1. The molecule has 0 fully saturated rings. The first kappa shape index (κ1) is 16.5. The number of hydrogen-bond donors (Lipinski definition) is 1. The largest absolute Gasteiger partial charge is 0.338 e. The second kappa shape index (κ2) is 7.52. The van der Waals surface area contributed by atoms with Crippen LogP contribution < -0.4 is 5.32 Å². The maximum Gasteiger partial charge on any atom is 0.237 e. The van der Waals surface area contributed by atoms with Crippen LogP contribution in [0.1, 0.15) is 5.89 Å². The maximum absolute atomic E-state index is 5.97. The molecule has 10 heteroatoms. The molecule has 0 bridgehead atoms. The Morgan fingerprint density at radius 1 is 1.24 bits per heavy atom. The summed E-state index contributed by atoms with van der Waals surface area (Å²) >= 11 is 10.5. The van der Waals surface area contributed by atoms with E-state index in [0.717, 1.165) is 15.6 Å². The fourth-order valence-electron chi connectivity index (χ4n) is 1.95. The molecular formula is C15H10ClN5OS3. The van der Waals surface area contributed by atoms with Crippen LogP contribution in [0.25, 0.3) is 11.4 Å². The number of nitrogens with zero attached hydrogens (tertiary/aromatic N) is 4. The molecule has 0 saturated carbocycles. The second-order valence-electron chi connectivity index (χ2n) is 4.82. The number of rotatable bonds is 6. The smallest absolute Gasteiger partial charge is 0.237 e. The molecule has 0 amide bonds. The van der Waals surface area contributed by atoms with E-state index in [4.69, 9.17) is 16.1 Å². The summed E-state index contributed by atoms with van der Waals surface area (Å²) in [6, 6.07) is 9.42. The van der Waals surface area contributed by atoms with Crippen molar-refractivity contribution in [2.45, 2.75) is 10.1 Å². The van der Waals surface area contributed by atoms with Gasteiger partial charge in [-0.15, -0.1) is 10.2 Å². The first-order chi connectivity index (χ1) is 12.3. The van der Waals surface area contributed by atoms with E-state index in [1.165, 1.54) is 23.1 Å². The van der Waals surface area contributed by atoms with Crippen LogP contribution in [-0.4, -0.2) is 20.3 Å². The summed E-state index contributed by atoms with van der Waals surface area (Å²) in [7, 11) is 0. The van der Waals surface area contributed by atoms with Gasteiger partial charge in [-0.1, -0.05) is 45.9 Å². The lowest BCUT2D eigenvalue weighted by atomic mass is 10.3. The molecule has 126 valence electrons. The van der Waals surface area contributed by atoms with E-state index in [9.17, 15) is 0 Å². The van der Waals surface area contributed by atoms with Crippen LogP contribution in [0, 0.1) is 0 Å². The Morgan fingerprint density at radius 3 is 3.04 bits per heavy atom. The summed E-state index contributed by atoms with van der Waals surface area (Å²) in [4.78, 5) is 4.39. The van der Waals surface area contributed by atoms with E-state index < -0.39 is 0 Å². The molecule has 4 rings (SSSR count). The normalized spacial score (nSPS) is 10.9. The van der Waals surface area contributed by atoms with Crippen LogP contribution in [0.4, 0.5) is 10.8 Å². The minimum absolute atomic E-state index is 0.545. The molecule has 4 aromatic rings. The summed E-state index contributed by atoms with van der Waals surface area (Å²) < 4.78 is 6.09. The lowest BCUT2D eigenvalue weighted by molar-refractivity contribution is 0.391. The number of thioether (sulfide) groups is 1. The predicted octanol–water partition coefficient (Wildman–Crippen LogP) is 5.34. The van der Waals surface area contributed by atoms with E-state index in [1.54, 1.807) is 11.3 Å². The minimum Gasteiger partial charge on any atom is -0.338 e. The van der Waals surface area contributed by atoms with Crippen LogP contribution in [0.3, 0.4) is 0 Å². The van der Waals surface area contributed by atoms with Crippen molar-refractivity contribution in [1.29, 1.82) is 0 Å². The number of anilines is 2. The molecule has 0 spiro atoms. The molecule has 0 aliphatic rings. The first-order valence-electron chi connectivity index (χ1n) is 7.10. The fourth-order valence-corrected chi connectivity index (χ4v) is 4.39. The number of nitrogens with one attached hydrogen (secondary N) is 1. The Bertz CT molecular complexity index is 969. The van der Waals surface area contributed by atoms with Crippen molar-refractivity contribution in [3.05, 3.63) is 52.0 Å². The molecule has 3 aromatic heterocycles. The van der Waals surface area contributed by atoms with Crippen molar-refractivity contribution >= 4 is 56.9 Å². The van der Waals surface area contributed by atoms with E-state index >= 15 is 0 Å². The van der Waals surface area contributed by atoms with Crippen LogP contribution in [0.2, 0.25) is 5.02 Å². The van der Waals surface area contributed by atoms with Crippen LogP contribution in [-0.2, 0) is 5.75 Å². The van der Waals surface area contributed by atoms with Crippen molar-refractivity contribution in [2.75, 3.05) is 5.32 Å². The highest BCUT2D eigenvalue weighted by Crippen LogP contribution is 2.30. The van der Waals surface area contributed by atoms with E-state index in [-0.39, 0.29) is 0 Å². The quantitative estimate of drug-likeness (QED) is 0.432. The molecule has 0 radical (unpaired) electrons. The van der Waals surface area contributed by atoms with Gasteiger partial charge in [-0.2, -0.15) is 16.3 Å². The van der Waals surface area contributed by atoms with Gasteiger partial charge in [-0.05, 0) is 29.6 Å². The number of aromatic nitrogens is 4. The molecule has 6 nitrogen and oxygen atoms in total. The lowest BCUT2D eigenvalue weighted by Crippen LogP contribution is -1.88. The Kier molecular flexibility index (Phi) is 4.97. The van der Waals surface area contributed by atoms with Gasteiger partial charge in [-0.25, -0.2) is 0 Å². The Morgan fingerprint density at radius 2 is 2.20 bits per heavy atom. The van der Waals surface area contributed by atoms with Gasteiger partial charge >= 0.3 is 0 Å². The molecule has 1 aromatic carbocycles. The number of thiophene rings is 1. The van der Waals surface area contributed by atoms with Gasteiger partial charge in [0.1, 0.15) is 0 Å². The third kappa shape index (κ3) is 4.18. The second-order valence-corrected chi connectivity index (χ2v) is 8.24. The van der Waals surface area contributed by atoms with Crippen molar-refractivity contribution in [3.8, 4) is 11.4 Å². The third-order valence-corrected chi connectivity index (χ3v) is 5.92. The highest BCUT2D eigenvalue weighted by atomic mass is 35.5. The minimum atomic E-state index is 0.545. The van der Waals surface area contributed by atoms with Gasteiger partial charge in [0.2, 0.25) is 16.8 Å². The molecule has 0 aliphatic carbocycles. The average Bonchev–Trinajstić information content (AvgIpc) is 3.34. The van der Waals surface area contributed by atoms with Crippen molar-refractivity contribution in [1.82, 2.24) is 20.3 Å². The summed E-state index contributed by atoms with van der Waals surface area (Å²) in [5.74, 6) is 1.71. The van der Waals surface area contributed by atoms with Crippen LogP contribution in [0.15, 0.2) is 50.0 Å². The molecule has 0 atom stereocenters. The monoisotopic (exact) mass is 407 g/mol. The van der Waals surface area contributed by atoms with E-state index in [2.05, 4.69) is 25.7 Å². The molecule has 1 N–H and O–H groups in total. The topological polar surface area (TPSA) is 76.7 Å². The zero-order valence-corrected chi connectivity index (χ0v) is 15.8. The first-order valence-corrected chi connectivity index (χ1v) is 10.2. The third-order valence-electron chi connectivity index (χ3n) is 3.05. The maximum atomic E-state index is 5.97. The van der Waals surface area contributed by atoms with Gasteiger partial charge < -0.3 is 9.84 Å². The zero-order valence-electron chi connectivity index (χ0n) is 12.5. The Balaban J connectivity index is 1.37.